The molecule has 5 atom stereocenters. The second kappa shape index (κ2) is 4.87. The van der Waals surface area contributed by atoms with E-state index in [4.69, 9.17) is 5.73 Å². The first-order valence-electron chi connectivity index (χ1n) is 9.97. The summed E-state index contributed by atoms with van der Waals surface area (Å²) in [5, 5.41) is 0. The monoisotopic (exact) mass is 325 g/mol. The molecule has 1 aromatic rings. The molecule has 1 aromatic carbocycles. The highest BCUT2D eigenvalue weighted by atomic mass is 14.8. The SMILES string of the molecule is Cc1cc(C)c2c(c1)C[C@@H]1[C@@]3(C)CC[C@H](N)C(C)(C)[C@@H]3CC[C@@]21C. The number of hydrogen-bond donors (Lipinski definition) is 1. The van der Waals surface area contributed by atoms with Crippen molar-refractivity contribution in [1.29, 1.82) is 0 Å². The molecule has 0 heterocycles. The maximum absolute atomic E-state index is 6.58. The maximum atomic E-state index is 6.58. The van der Waals surface area contributed by atoms with Crippen LogP contribution in [0.5, 0.6) is 0 Å². The van der Waals surface area contributed by atoms with Crippen LogP contribution in [0.15, 0.2) is 12.1 Å². The molecule has 0 spiro atoms. The first-order valence-corrected chi connectivity index (χ1v) is 9.97. The van der Waals surface area contributed by atoms with Gasteiger partial charge in [-0.05, 0) is 90.7 Å². The van der Waals surface area contributed by atoms with Gasteiger partial charge in [0.15, 0.2) is 0 Å². The zero-order valence-electron chi connectivity index (χ0n) is 16.5. The molecule has 3 aliphatic rings. The molecule has 0 saturated heterocycles. The van der Waals surface area contributed by atoms with Crippen LogP contribution in [0.2, 0.25) is 0 Å². The van der Waals surface area contributed by atoms with E-state index in [1.807, 2.05) is 0 Å². The molecule has 2 saturated carbocycles. The van der Waals surface area contributed by atoms with Gasteiger partial charge in [0.2, 0.25) is 0 Å². The average Bonchev–Trinajstić information content (AvgIpc) is 2.77. The number of benzene rings is 1. The third-order valence-electron chi connectivity index (χ3n) is 8.72. The molecule has 0 unspecified atom stereocenters. The standard InChI is InChI=1S/C23H35N/c1-14-11-15(2)20-16(12-14)13-18-22(5)10-8-19(24)21(3,4)17(22)7-9-23(18,20)6/h11-12,17-19H,7-10,13,24H2,1-6H3/t17-,18+,19-,22-,23+/m0/s1. The van der Waals surface area contributed by atoms with Gasteiger partial charge in [0.1, 0.15) is 0 Å². The maximum Gasteiger partial charge on any atom is 0.00933 e. The van der Waals surface area contributed by atoms with E-state index in [-0.39, 0.29) is 5.41 Å². The Morgan fingerprint density at radius 3 is 2.38 bits per heavy atom. The minimum atomic E-state index is 0.272. The Balaban J connectivity index is 1.83. The van der Waals surface area contributed by atoms with Crippen molar-refractivity contribution in [2.24, 2.45) is 28.4 Å². The molecule has 0 aromatic heterocycles. The van der Waals surface area contributed by atoms with Gasteiger partial charge >= 0.3 is 0 Å². The van der Waals surface area contributed by atoms with Gasteiger partial charge in [-0.3, -0.25) is 0 Å². The molecule has 24 heavy (non-hydrogen) atoms. The lowest BCUT2D eigenvalue weighted by atomic mass is 9.42. The summed E-state index contributed by atoms with van der Waals surface area (Å²) in [6.07, 6.45) is 6.48. The number of fused-ring (bicyclic) bond motifs is 5. The smallest absolute Gasteiger partial charge is 0.00933 e. The topological polar surface area (TPSA) is 26.0 Å². The Morgan fingerprint density at radius 1 is 0.958 bits per heavy atom. The summed E-state index contributed by atoms with van der Waals surface area (Å²) in [7, 11) is 0. The Labute approximate surface area is 148 Å². The fourth-order valence-electron chi connectivity index (χ4n) is 7.60. The van der Waals surface area contributed by atoms with E-state index in [0.717, 1.165) is 11.8 Å². The Kier molecular flexibility index (Phi) is 3.38. The number of nitrogens with two attached hydrogens (primary N) is 1. The highest BCUT2D eigenvalue weighted by Crippen LogP contribution is 2.67. The van der Waals surface area contributed by atoms with Crippen LogP contribution in [-0.2, 0) is 11.8 Å². The first kappa shape index (κ1) is 16.6. The van der Waals surface area contributed by atoms with E-state index >= 15 is 0 Å². The summed E-state index contributed by atoms with van der Waals surface area (Å²) in [5.74, 6) is 1.55. The molecular formula is C23H35N. The van der Waals surface area contributed by atoms with Crippen molar-refractivity contribution < 1.29 is 0 Å². The Bertz CT molecular complexity index is 688. The highest BCUT2D eigenvalue weighted by molar-refractivity contribution is 5.49. The average molecular weight is 326 g/mol. The lowest BCUT2D eigenvalue weighted by Crippen LogP contribution is -2.60. The predicted octanol–water partition coefficient (Wildman–Crippen LogP) is 5.30. The second-order valence-corrected chi connectivity index (χ2v) is 10.4. The minimum absolute atomic E-state index is 0.272. The molecule has 0 bridgehead atoms. The largest absolute Gasteiger partial charge is 0.327 e. The van der Waals surface area contributed by atoms with Gasteiger partial charge in [0, 0.05) is 6.04 Å². The zero-order valence-corrected chi connectivity index (χ0v) is 16.5. The van der Waals surface area contributed by atoms with E-state index in [1.165, 1.54) is 43.2 Å². The lowest BCUT2D eigenvalue weighted by molar-refractivity contribution is -0.107. The normalized spacial score (nSPS) is 43.0. The van der Waals surface area contributed by atoms with Crippen molar-refractivity contribution in [1.82, 2.24) is 0 Å². The molecule has 1 nitrogen and oxygen atoms in total. The fourth-order valence-corrected chi connectivity index (χ4v) is 7.60. The van der Waals surface area contributed by atoms with Gasteiger partial charge in [-0.15, -0.1) is 0 Å². The van der Waals surface area contributed by atoms with Crippen LogP contribution in [0.25, 0.3) is 0 Å². The van der Waals surface area contributed by atoms with Crippen LogP contribution in [0.3, 0.4) is 0 Å². The van der Waals surface area contributed by atoms with Gasteiger partial charge in [-0.1, -0.05) is 45.4 Å². The fraction of sp³-hybridized carbons (Fsp3) is 0.739. The van der Waals surface area contributed by atoms with Crippen LogP contribution in [0.4, 0.5) is 0 Å². The van der Waals surface area contributed by atoms with Crippen molar-refractivity contribution in [3.8, 4) is 0 Å². The molecule has 0 amide bonds. The van der Waals surface area contributed by atoms with E-state index in [9.17, 15) is 0 Å². The van der Waals surface area contributed by atoms with Crippen LogP contribution < -0.4 is 5.73 Å². The molecule has 132 valence electrons. The number of hydrogen-bond acceptors (Lipinski definition) is 1. The second-order valence-electron chi connectivity index (χ2n) is 10.4. The van der Waals surface area contributed by atoms with Crippen molar-refractivity contribution in [2.45, 2.75) is 85.1 Å². The third kappa shape index (κ3) is 1.91. The van der Waals surface area contributed by atoms with Gasteiger partial charge in [0.05, 0.1) is 0 Å². The van der Waals surface area contributed by atoms with E-state index in [2.05, 4.69) is 53.7 Å². The van der Waals surface area contributed by atoms with Crippen molar-refractivity contribution in [3.05, 3.63) is 34.4 Å². The Morgan fingerprint density at radius 2 is 1.67 bits per heavy atom. The van der Waals surface area contributed by atoms with Crippen molar-refractivity contribution >= 4 is 0 Å². The highest BCUT2D eigenvalue weighted by Gasteiger charge is 2.62. The molecule has 3 aliphatic carbocycles. The number of rotatable bonds is 0. The molecular weight excluding hydrogens is 290 g/mol. The minimum Gasteiger partial charge on any atom is -0.327 e. The molecule has 2 N–H and O–H groups in total. The molecule has 2 fully saturated rings. The van der Waals surface area contributed by atoms with Crippen molar-refractivity contribution in [3.63, 3.8) is 0 Å². The molecule has 4 rings (SSSR count). The van der Waals surface area contributed by atoms with E-state index in [0.29, 0.717) is 16.9 Å². The first-order chi connectivity index (χ1) is 11.1. The van der Waals surface area contributed by atoms with Gasteiger partial charge in [0.25, 0.3) is 0 Å². The number of aryl methyl sites for hydroxylation is 2. The quantitative estimate of drug-likeness (QED) is 0.688. The molecule has 0 radical (unpaired) electrons. The summed E-state index contributed by atoms with van der Waals surface area (Å²) < 4.78 is 0. The zero-order chi connectivity index (χ0) is 17.5. The van der Waals surface area contributed by atoms with Gasteiger partial charge < -0.3 is 5.73 Å². The van der Waals surface area contributed by atoms with Crippen molar-refractivity contribution in [2.75, 3.05) is 0 Å². The summed E-state index contributed by atoms with van der Waals surface area (Å²) >= 11 is 0. The molecule has 1 heteroatoms. The van der Waals surface area contributed by atoms with Gasteiger partial charge in [-0.25, -0.2) is 0 Å². The van der Waals surface area contributed by atoms with Crippen LogP contribution in [-0.4, -0.2) is 6.04 Å². The molecule has 0 aliphatic heterocycles. The van der Waals surface area contributed by atoms with Crippen LogP contribution in [0.1, 0.15) is 75.6 Å². The van der Waals surface area contributed by atoms with E-state index < -0.39 is 0 Å². The third-order valence-corrected chi connectivity index (χ3v) is 8.72. The summed E-state index contributed by atoms with van der Waals surface area (Å²) in [5.41, 5.74) is 14.0. The predicted molar refractivity (Wildman–Crippen MR) is 102 cm³/mol. The van der Waals surface area contributed by atoms with Crippen LogP contribution >= 0.6 is 0 Å². The van der Waals surface area contributed by atoms with E-state index in [1.54, 1.807) is 11.1 Å². The Hall–Kier alpha value is -0.820. The summed E-state index contributed by atoms with van der Waals surface area (Å²) in [6.45, 7) is 14.7. The van der Waals surface area contributed by atoms with Crippen LogP contribution in [0, 0.1) is 36.5 Å². The lowest BCUT2D eigenvalue weighted by Gasteiger charge is -2.62. The summed E-state index contributed by atoms with van der Waals surface area (Å²) in [4.78, 5) is 0. The van der Waals surface area contributed by atoms with Gasteiger partial charge in [-0.2, -0.15) is 0 Å². The summed E-state index contributed by atoms with van der Waals surface area (Å²) in [6, 6.07) is 5.25.